The molecule has 6 heteroatoms. The fourth-order valence-corrected chi connectivity index (χ4v) is 1.29. The highest BCUT2D eigenvalue weighted by Crippen LogP contribution is 2.14. The maximum Gasteiger partial charge on any atom is 0.257 e. The lowest BCUT2D eigenvalue weighted by atomic mass is 10.1. The van der Waals surface area contributed by atoms with Gasteiger partial charge in [0.25, 0.3) is 5.91 Å². The van der Waals surface area contributed by atoms with Crippen LogP contribution in [0.2, 0.25) is 0 Å². The Balaban J connectivity index is 2.96. The maximum absolute atomic E-state index is 13.2. The number of halogens is 3. The first-order chi connectivity index (χ1) is 7.99. The van der Waals surface area contributed by atoms with Gasteiger partial charge in [-0.15, -0.1) is 0 Å². The quantitative estimate of drug-likeness (QED) is 0.849. The number of carbonyl (C=O) groups is 1. The molecule has 0 heterocycles. The van der Waals surface area contributed by atoms with Crippen LogP contribution in [-0.2, 0) is 0 Å². The third kappa shape index (κ3) is 3.20. The highest BCUT2D eigenvalue weighted by atomic mass is 19.1. The normalized spacial score (nSPS) is 12.3. The van der Waals surface area contributed by atoms with Crippen LogP contribution in [0.25, 0.3) is 0 Å². The van der Waals surface area contributed by atoms with E-state index in [1.54, 1.807) is 6.92 Å². The second-order valence-electron chi connectivity index (χ2n) is 3.51. The summed E-state index contributed by atoms with van der Waals surface area (Å²) in [5.74, 6) is -4.65. The van der Waals surface area contributed by atoms with Crippen LogP contribution in [-0.4, -0.2) is 23.7 Å². The van der Waals surface area contributed by atoms with Gasteiger partial charge in [0.1, 0.15) is 23.0 Å². The Morgan fingerprint density at radius 2 is 1.88 bits per heavy atom. The molecule has 0 aliphatic carbocycles. The van der Waals surface area contributed by atoms with Crippen molar-refractivity contribution in [1.82, 2.24) is 5.32 Å². The Morgan fingerprint density at radius 3 is 2.29 bits per heavy atom. The van der Waals surface area contributed by atoms with Crippen LogP contribution in [0.3, 0.4) is 0 Å². The van der Waals surface area contributed by atoms with Gasteiger partial charge in [-0.3, -0.25) is 4.79 Å². The van der Waals surface area contributed by atoms with Gasteiger partial charge >= 0.3 is 0 Å². The fourth-order valence-electron chi connectivity index (χ4n) is 1.29. The summed E-state index contributed by atoms with van der Waals surface area (Å²) in [7, 11) is 0. The van der Waals surface area contributed by atoms with Crippen LogP contribution < -0.4 is 5.32 Å². The molecule has 0 spiro atoms. The van der Waals surface area contributed by atoms with Crippen LogP contribution in [0.15, 0.2) is 12.1 Å². The molecule has 0 aliphatic heterocycles. The van der Waals surface area contributed by atoms with Gasteiger partial charge in [-0.25, -0.2) is 13.2 Å². The zero-order valence-corrected chi connectivity index (χ0v) is 9.14. The average Bonchev–Trinajstić information content (AvgIpc) is 2.24. The second-order valence-corrected chi connectivity index (χ2v) is 3.51. The molecule has 0 fully saturated rings. The number of rotatable bonds is 4. The first-order valence-corrected chi connectivity index (χ1v) is 5.05. The Bertz CT molecular complexity index is 396. The predicted molar refractivity (Wildman–Crippen MR) is 54.9 cm³/mol. The van der Waals surface area contributed by atoms with Gasteiger partial charge in [-0.1, -0.05) is 6.92 Å². The van der Waals surface area contributed by atoms with Crippen LogP contribution in [0.5, 0.6) is 0 Å². The molecular weight excluding hydrogens is 235 g/mol. The van der Waals surface area contributed by atoms with Crippen molar-refractivity contribution in [2.75, 3.05) is 6.61 Å². The minimum atomic E-state index is -1.27. The highest BCUT2D eigenvalue weighted by Gasteiger charge is 2.20. The summed E-state index contributed by atoms with van der Waals surface area (Å²) in [5, 5.41) is 11.1. The van der Waals surface area contributed by atoms with Gasteiger partial charge in [0.2, 0.25) is 0 Å². The Morgan fingerprint density at radius 1 is 1.35 bits per heavy atom. The van der Waals surface area contributed by atoms with Crippen molar-refractivity contribution in [3.8, 4) is 0 Å². The number of benzene rings is 1. The minimum Gasteiger partial charge on any atom is -0.394 e. The molecule has 3 nitrogen and oxygen atoms in total. The number of carbonyl (C=O) groups excluding carboxylic acids is 1. The van der Waals surface area contributed by atoms with Crippen LogP contribution in [0.4, 0.5) is 13.2 Å². The van der Waals surface area contributed by atoms with E-state index in [9.17, 15) is 18.0 Å². The molecule has 0 saturated carbocycles. The van der Waals surface area contributed by atoms with Gasteiger partial charge < -0.3 is 10.4 Å². The van der Waals surface area contributed by atoms with Crippen molar-refractivity contribution in [2.45, 2.75) is 19.4 Å². The minimum absolute atomic E-state index is 0.341. The van der Waals surface area contributed by atoms with E-state index in [1.165, 1.54) is 0 Å². The third-order valence-electron chi connectivity index (χ3n) is 2.28. The molecule has 0 aromatic heterocycles. The maximum atomic E-state index is 13.2. The van der Waals surface area contributed by atoms with E-state index in [0.29, 0.717) is 18.6 Å². The fraction of sp³-hybridized carbons (Fsp3) is 0.364. The lowest BCUT2D eigenvalue weighted by Gasteiger charge is -2.14. The number of aliphatic hydroxyl groups is 1. The van der Waals surface area contributed by atoms with Crippen molar-refractivity contribution in [3.05, 3.63) is 35.1 Å². The molecule has 1 rings (SSSR count). The van der Waals surface area contributed by atoms with E-state index in [4.69, 9.17) is 5.11 Å². The smallest absolute Gasteiger partial charge is 0.257 e. The van der Waals surface area contributed by atoms with E-state index < -0.39 is 35.0 Å². The molecule has 1 aromatic rings. The summed E-state index contributed by atoms with van der Waals surface area (Å²) in [6.45, 7) is 1.35. The zero-order chi connectivity index (χ0) is 13.0. The average molecular weight is 247 g/mol. The van der Waals surface area contributed by atoms with Gasteiger partial charge in [0.05, 0.1) is 12.6 Å². The molecule has 0 aliphatic rings. The van der Waals surface area contributed by atoms with Crippen molar-refractivity contribution < 1.29 is 23.1 Å². The first-order valence-electron chi connectivity index (χ1n) is 5.05. The van der Waals surface area contributed by atoms with Crippen molar-refractivity contribution in [1.29, 1.82) is 0 Å². The molecule has 1 aromatic carbocycles. The molecular formula is C11H12F3NO2. The summed E-state index contributed by atoms with van der Waals surface area (Å²) in [4.78, 5) is 11.5. The SMILES string of the molecule is CC[C@H](CO)NC(=O)c1c(F)cc(F)cc1F. The van der Waals surface area contributed by atoms with E-state index in [2.05, 4.69) is 5.32 Å². The number of aliphatic hydroxyl groups excluding tert-OH is 1. The highest BCUT2D eigenvalue weighted by molar-refractivity contribution is 5.94. The summed E-state index contributed by atoms with van der Waals surface area (Å²) in [6.07, 6.45) is 0.409. The second kappa shape index (κ2) is 5.67. The van der Waals surface area contributed by atoms with Gasteiger partial charge in [-0.2, -0.15) is 0 Å². The largest absolute Gasteiger partial charge is 0.394 e. The number of hydrogen-bond acceptors (Lipinski definition) is 2. The first kappa shape index (κ1) is 13.5. The molecule has 1 amide bonds. The van der Waals surface area contributed by atoms with Crippen molar-refractivity contribution in [2.24, 2.45) is 0 Å². The summed E-state index contributed by atoms with van der Waals surface area (Å²) >= 11 is 0. The van der Waals surface area contributed by atoms with E-state index in [0.717, 1.165) is 0 Å². The van der Waals surface area contributed by atoms with Gasteiger partial charge in [-0.05, 0) is 6.42 Å². The monoisotopic (exact) mass is 247 g/mol. The summed E-state index contributed by atoms with van der Waals surface area (Å²) in [5.41, 5.74) is -0.849. The van der Waals surface area contributed by atoms with Crippen LogP contribution in [0, 0.1) is 17.5 Å². The van der Waals surface area contributed by atoms with Crippen molar-refractivity contribution >= 4 is 5.91 Å². The Hall–Kier alpha value is -1.56. The number of amides is 1. The van der Waals surface area contributed by atoms with E-state index in [1.807, 2.05) is 0 Å². The summed E-state index contributed by atoms with van der Waals surface area (Å²) < 4.78 is 39.0. The molecule has 0 saturated heterocycles. The molecule has 17 heavy (non-hydrogen) atoms. The van der Waals surface area contributed by atoms with Gasteiger partial charge in [0, 0.05) is 12.1 Å². The van der Waals surface area contributed by atoms with Crippen LogP contribution >= 0.6 is 0 Å². The lowest BCUT2D eigenvalue weighted by molar-refractivity contribution is 0.0906. The number of nitrogens with one attached hydrogen (secondary N) is 1. The molecule has 2 N–H and O–H groups in total. The molecule has 0 bridgehead atoms. The topological polar surface area (TPSA) is 49.3 Å². The Labute approximate surface area is 96.3 Å². The zero-order valence-electron chi connectivity index (χ0n) is 9.14. The van der Waals surface area contributed by atoms with Crippen molar-refractivity contribution in [3.63, 3.8) is 0 Å². The predicted octanol–water partition coefficient (Wildman–Crippen LogP) is 1.60. The third-order valence-corrected chi connectivity index (χ3v) is 2.28. The standard InChI is InChI=1S/C11H12F3NO2/c1-2-7(5-16)15-11(17)10-8(13)3-6(12)4-9(10)14/h3-4,7,16H,2,5H2,1H3,(H,15,17)/t7-/m1/s1. The summed E-state index contributed by atoms with van der Waals surface area (Å²) in [6, 6.07) is 0.266. The molecule has 94 valence electrons. The molecule has 1 atom stereocenters. The molecule has 0 radical (unpaired) electrons. The van der Waals surface area contributed by atoms with Gasteiger partial charge in [0.15, 0.2) is 0 Å². The lowest BCUT2D eigenvalue weighted by Crippen LogP contribution is -2.37. The van der Waals surface area contributed by atoms with Crippen LogP contribution in [0.1, 0.15) is 23.7 Å². The molecule has 0 unspecified atom stereocenters. The van der Waals surface area contributed by atoms with E-state index in [-0.39, 0.29) is 6.61 Å². The van der Waals surface area contributed by atoms with E-state index >= 15 is 0 Å². The Kier molecular flexibility index (Phi) is 4.51. The number of hydrogen-bond donors (Lipinski definition) is 2.